The Hall–Kier alpha value is -12.4. The van der Waals surface area contributed by atoms with Gasteiger partial charge in [-0.2, -0.15) is 8.78 Å². The van der Waals surface area contributed by atoms with Gasteiger partial charge in [-0.15, -0.1) is 0 Å². The summed E-state index contributed by atoms with van der Waals surface area (Å²) in [6.07, 6.45) is 6.61. The number of nitrogens with zero attached hydrogens (tertiary/aromatic N) is 8. The molecule has 10 aromatic carbocycles. The topological polar surface area (TPSA) is 343 Å². The highest BCUT2D eigenvalue weighted by Gasteiger charge is 2.20. The van der Waals surface area contributed by atoms with E-state index in [2.05, 4.69) is 15.0 Å². The summed E-state index contributed by atoms with van der Waals surface area (Å²) in [6.45, 7) is 17.4. The molecule has 0 aliphatic rings. The summed E-state index contributed by atoms with van der Waals surface area (Å²) in [5.41, 5.74) is 13.7. The number of hydrogen-bond acceptors (Lipinski definition) is 20. The highest BCUT2D eigenvalue weighted by molar-refractivity contribution is 5.78. The maximum Gasteiger partial charge on any atom is 0.305 e. The number of halogens is 2. The molecule has 13 aromatic rings. The Morgan fingerprint density at radius 1 is 0.429 bits per heavy atom. The number of phenols is 2. The van der Waals surface area contributed by atoms with Gasteiger partial charge in [0.25, 0.3) is 0 Å². The molecule has 3 aromatic heterocycles. The van der Waals surface area contributed by atoms with Crippen LogP contribution in [0.25, 0.3) is 33.1 Å². The zero-order valence-corrected chi connectivity index (χ0v) is 63.4. The molecule has 0 spiro atoms. The summed E-state index contributed by atoms with van der Waals surface area (Å²) < 4.78 is 65.0. The van der Waals surface area contributed by atoms with E-state index in [4.69, 9.17) is 39.3 Å². The molecule has 0 saturated carbocycles. The molecule has 588 valence electrons. The minimum absolute atomic E-state index is 0.211. The number of phenolic OH excluding ortho intramolecular Hbond substituents is 2. The summed E-state index contributed by atoms with van der Waals surface area (Å²) in [5, 5.41) is 77.4. The largest absolute Gasteiger partial charge is 0.508 e. The minimum atomic E-state index is -1.13. The van der Waals surface area contributed by atoms with Crippen molar-refractivity contribution in [3.63, 3.8) is 0 Å². The van der Waals surface area contributed by atoms with Gasteiger partial charge < -0.3 is 78.5 Å². The van der Waals surface area contributed by atoms with E-state index in [1.165, 1.54) is 6.07 Å². The monoisotopic (exact) mass is 1530 g/mol. The molecule has 112 heavy (non-hydrogen) atoms. The quantitative estimate of drug-likeness (QED) is 0.0115. The molecule has 3 heterocycles. The summed E-state index contributed by atoms with van der Waals surface area (Å²) >= 11 is 0. The fourth-order valence-electron chi connectivity index (χ4n) is 10.5. The minimum Gasteiger partial charge on any atom is -0.508 e. The first-order valence-electron chi connectivity index (χ1n) is 35.6. The van der Waals surface area contributed by atoms with Gasteiger partial charge in [0.1, 0.15) is 60.1 Å². The number of benzene rings is 10. The Labute approximate surface area is 646 Å². The van der Waals surface area contributed by atoms with Gasteiger partial charge in [-0.3, -0.25) is 20.2 Å². The molecule has 0 bridgehead atoms. The number of nitro benzene ring substituents is 2. The molecule has 0 amide bonds. The number of aromatic nitrogens is 6. The van der Waals surface area contributed by atoms with E-state index >= 15 is 0 Å². The summed E-state index contributed by atoms with van der Waals surface area (Å²) in [4.78, 5) is 31.8. The van der Waals surface area contributed by atoms with Gasteiger partial charge in [-0.1, -0.05) is 109 Å². The second-order valence-corrected chi connectivity index (χ2v) is 27.8. The van der Waals surface area contributed by atoms with E-state index in [0.717, 1.165) is 115 Å². The number of fused-ring (bicyclic) bond motifs is 3. The van der Waals surface area contributed by atoms with E-state index in [1.54, 1.807) is 92.6 Å². The molecule has 0 saturated heterocycles. The van der Waals surface area contributed by atoms with Crippen LogP contribution in [0.5, 0.6) is 40.2 Å². The number of hydrogen-bond donors (Lipinski definition) is 7. The van der Waals surface area contributed by atoms with Gasteiger partial charge in [-0.05, 0) is 169 Å². The molecule has 0 aliphatic carbocycles. The third kappa shape index (κ3) is 29.2. The Morgan fingerprint density at radius 2 is 0.804 bits per heavy atom. The highest BCUT2D eigenvalue weighted by atomic mass is 19.1. The summed E-state index contributed by atoms with van der Waals surface area (Å²) in [5.74, 6) is -0.876. The molecule has 27 heteroatoms. The van der Waals surface area contributed by atoms with Gasteiger partial charge in [0, 0.05) is 61.2 Å². The van der Waals surface area contributed by atoms with Crippen LogP contribution in [0.1, 0.15) is 84.1 Å². The number of aromatic hydroxyl groups is 2. The van der Waals surface area contributed by atoms with Crippen LogP contribution in [0, 0.1) is 31.9 Å². The highest BCUT2D eigenvalue weighted by Crippen LogP contribution is 2.30. The van der Waals surface area contributed by atoms with E-state index in [9.17, 15) is 54.5 Å². The number of nitrogens with two attached hydrogens (primary N) is 1. The first-order valence-corrected chi connectivity index (χ1v) is 35.6. The molecule has 0 unspecified atom stereocenters. The third-order valence-corrected chi connectivity index (χ3v) is 16.0. The van der Waals surface area contributed by atoms with Crippen LogP contribution in [-0.4, -0.2) is 105 Å². The molecule has 0 atom stereocenters. The normalized spacial score (nSPS) is 11.3. The average Bonchev–Trinajstić information content (AvgIpc) is 1.67. The predicted molar refractivity (Wildman–Crippen MR) is 424 cm³/mol. The third-order valence-electron chi connectivity index (χ3n) is 16.0. The van der Waals surface area contributed by atoms with Crippen LogP contribution in [0.3, 0.4) is 0 Å². The Balaban J connectivity index is 0.000000171. The van der Waals surface area contributed by atoms with Crippen LogP contribution in [-0.2, 0) is 55.3 Å². The molecule has 0 fully saturated rings. The van der Waals surface area contributed by atoms with Gasteiger partial charge in [0.05, 0.1) is 92.9 Å². The van der Waals surface area contributed by atoms with Crippen molar-refractivity contribution in [2.24, 2.45) is 0 Å². The van der Waals surface area contributed by atoms with E-state index in [0.29, 0.717) is 58.5 Å². The lowest BCUT2D eigenvalue weighted by Crippen LogP contribution is -2.25. The van der Waals surface area contributed by atoms with E-state index in [1.807, 2.05) is 190 Å². The van der Waals surface area contributed by atoms with Crippen molar-refractivity contribution in [2.75, 3.05) is 18.9 Å². The number of anilines is 1. The van der Waals surface area contributed by atoms with Gasteiger partial charge in [-0.25, -0.2) is 15.0 Å². The van der Waals surface area contributed by atoms with Gasteiger partial charge in [0.2, 0.25) is 11.6 Å². The van der Waals surface area contributed by atoms with Crippen molar-refractivity contribution in [1.29, 1.82) is 0 Å². The Kier molecular flexibility index (Phi) is 30.7. The standard InChI is InChI=1S/C18H20N2O3.C18H20N2O2.C18H23NO2.C13H10FNO3.C12H16N2O3.C6H4FNO3/c1-18(2,21)22-11-10-20-13-19-16-9-8-15(12-17(16)20)23-14-6-4-3-5-7-14;1-18(2,21)12-20-13-19-16-9-8-15(10-17(16)20)22-11-14-6-4-3-5-7-14;1-18(2,20)11-10-15-12-16(8-9-17(15)19)21-13-14-6-4-3-5-7-14;14-12-8-11(6-7-13(12)15(16)17)18-9-10-4-2-1-3-5-10;1-12(2,16)17-6-5-14-8-13-10-4-3-9(15)7-11(10)14;7-5-3-4(9)1-2-6(5)8(10)11/h3-9,12-13,21H,10-11H2,1-2H3;3-10,13,21H,11-12H2,1-2H3;3-9,12,20H,10-11,13,19H2,1-2H3;1-8H,9H2;3-4,7-8,15-16H,5-6H2,1-2H3;1-3,9H. The van der Waals surface area contributed by atoms with Gasteiger partial charge in [0.15, 0.2) is 11.6 Å². The number of nitrogen functional groups attached to an aromatic ring is 1. The molecular formula is C85H93F2N9O16. The average molecular weight is 1530 g/mol. The van der Waals surface area contributed by atoms with Crippen molar-refractivity contribution in [1.82, 2.24) is 28.7 Å². The molecule has 25 nitrogen and oxygen atoms in total. The maximum atomic E-state index is 13.3. The maximum absolute atomic E-state index is 13.3. The SMILES string of the molecule is CC(C)(O)CCc1cc(OCc2ccccc2)ccc1N.CC(C)(O)Cn1cnc2ccc(OCc3ccccc3)cc21.CC(C)(O)OCCn1cnc2ccc(O)cc21.CC(C)(O)OCCn1cnc2ccc(Oc3ccccc3)cc21.O=[N+]([O-])c1ccc(O)cc1F.O=[N+]([O-])c1ccc(OCc2ccccc2)cc1F. The van der Waals surface area contributed by atoms with Crippen LogP contribution in [0.15, 0.2) is 250 Å². The van der Waals surface area contributed by atoms with Crippen LogP contribution >= 0.6 is 0 Å². The molecule has 0 radical (unpaired) electrons. The van der Waals surface area contributed by atoms with Crippen molar-refractivity contribution in [3.05, 3.63) is 304 Å². The molecule has 0 aliphatic heterocycles. The lowest BCUT2D eigenvalue weighted by atomic mass is 9.98. The second kappa shape index (κ2) is 40.4. The molecular weight excluding hydrogens is 1440 g/mol. The lowest BCUT2D eigenvalue weighted by Gasteiger charge is -2.18. The predicted octanol–water partition coefficient (Wildman–Crippen LogP) is 16.8. The van der Waals surface area contributed by atoms with E-state index < -0.39 is 55.6 Å². The van der Waals surface area contributed by atoms with Crippen molar-refractivity contribution in [3.8, 4) is 40.2 Å². The van der Waals surface area contributed by atoms with Crippen LogP contribution in [0.2, 0.25) is 0 Å². The number of rotatable bonds is 26. The van der Waals surface area contributed by atoms with Gasteiger partial charge >= 0.3 is 11.4 Å². The number of imidazole rings is 3. The van der Waals surface area contributed by atoms with Crippen molar-refractivity contribution in [2.45, 2.75) is 130 Å². The first kappa shape index (κ1) is 85.2. The lowest BCUT2D eigenvalue weighted by molar-refractivity contribution is -0.387. The molecule has 13 rings (SSSR count). The summed E-state index contributed by atoms with van der Waals surface area (Å²) in [6, 6.07) is 67.7. The second-order valence-electron chi connectivity index (χ2n) is 27.8. The molecule has 8 N–H and O–H groups in total. The first-order chi connectivity index (χ1) is 53.2. The number of aryl methyl sites for hydroxylation is 1. The summed E-state index contributed by atoms with van der Waals surface area (Å²) in [7, 11) is 0. The van der Waals surface area contributed by atoms with E-state index in [-0.39, 0.29) is 23.9 Å². The zero-order chi connectivity index (χ0) is 81.0. The Morgan fingerprint density at radius 3 is 1.26 bits per heavy atom. The van der Waals surface area contributed by atoms with Crippen molar-refractivity contribution >= 4 is 50.2 Å². The zero-order valence-electron chi connectivity index (χ0n) is 63.4. The number of para-hydroxylation sites is 1. The van der Waals surface area contributed by atoms with Crippen LogP contribution in [0.4, 0.5) is 25.8 Å². The van der Waals surface area contributed by atoms with Crippen molar-refractivity contribution < 1.29 is 77.7 Å². The fraction of sp³-hybridized carbons (Fsp3) is 0.259. The fourth-order valence-corrected chi connectivity index (χ4v) is 10.5. The number of ether oxygens (including phenoxy) is 6. The smallest absolute Gasteiger partial charge is 0.305 e. The van der Waals surface area contributed by atoms with Crippen LogP contribution < -0.4 is 24.7 Å². The number of aliphatic hydroxyl groups is 4. The number of nitro groups is 2. The Bertz CT molecular complexity index is 5100.